The molecule has 7 nitrogen and oxygen atoms in total. The fourth-order valence-electron chi connectivity index (χ4n) is 2.34. The minimum Gasteiger partial charge on any atom is -0.457 e. The molecule has 0 spiro atoms. The van der Waals surface area contributed by atoms with Gasteiger partial charge in [0.15, 0.2) is 0 Å². The number of nitro groups is 1. The van der Waals surface area contributed by atoms with Crippen LogP contribution in [0.3, 0.4) is 0 Å². The van der Waals surface area contributed by atoms with Crippen LogP contribution in [0.4, 0.5) is 15.8 Å². The van der Waals surface area contributed by atoms with Crippen molar-refractivity contribution in [1.29, 1.82) is 5.26 Å². The Bertz CT molecular complexity index is 919. The summed E-state index contributed by atoms with van der Waals surface area (Å²) in [6, 6.07) is 9.88. The Kier molecular flexibility index (Phi) is 4.80. The van der Waals surface area contributed by atoms with Crippen molar-refractivity contribution in [2.75, 3.05) is 5.32 Å². The van der Waals surface area contributed by atoms with Crippen LogP contribution in [0.5, 0.6) is 0 Å². The smallest absolute Gasteiger partial charge is 0.338 e. The van der Waals surface area contributed by atoms with Gasteiger partial charge >= 0.3 is 5.97 Å². The highest BCUT2D eigenvalue weighted by molar-refractivity contribution is 5.91. The third-order valence-corrected chi connectivity index (χ3v) is 3.91. The van der Waals surface area contributed by atoms with Crippen molar-refractivity contribution in [3.05, 3.63) is 69.0 Å². The molecule has 26 heavy (non-hydrogen) atoms. The van der Waals surface area contributed by atoms with Crippen molar-refractivity contribution in [1.82, 2.24) is 0 Å². The van der Waals surface area contributed by atoms with Gasteiger partial charge in [-0.2, -0.15) is 5.26 Å². The maximum Gasteiger partial charge on any atom is 0.338 e. The lowest BCUT2D eigenvalue weighted by Crippen LogP contribution is -2.09. The Morgan fingerprint density at radius 3 is 2.73 bits per heavy atom. The Balaban J connectivity index is 1.72. The number of carbonyl (C=O) groups excluding carboxylic acids is 1. The summed E-state index contributed by atoms with van der Waals surface area (Å²) in [5, 5.41) is 23.0. The standard InChI is InChI=1S/C18H14FN3O4/c19-15-7-11(9-20)1-2-13(15)10-26-18(23)12-3-6-16(21-14-4-5-14)17(8-12)22(24)25/h1-3,6-8,14,21H,4-5,10H2. The second-order valence-electron chi connectivity index (χ2n) is 5.90. The van der Waals surface area contributed by atoms with E-state index < -0.39 is 16.7 Å². The first-order valence-corrected chi connectivity index (χ1v) is 7.88. The van der Waals surface area contributed by atoms with Crippen molar-refractivity contribution in [3.8, 4) is 6.07 Å². The molecule has 8 heteroatoms. The first-order chi connectivity index (χ1) is 12.5. The van der Waals surface area contributed by atoms with Crippen LogP contribution in [0.1, 0.15) is 34.3 Å². The van der Waals surface area contributed by atoms with E-state index in [0.29, 0.717) is 5.69 Å². The second kappa shape index (κ2) is 7.19. The minimum atomic E-state index is -0.796. The van der Waals surface area contributed by atoms with Gasteiger partial charge in [0.25, 0.3) is 5.69 Å². The van der Waals surface area contributed by atoms with Gasteiger partial charge in [0.1, 0.15) is 18.1 Å². The molecular formula is C18H14FN3O4. The number of halogens is 1. The number of ether oxygens (including phenoxy) is 1. The fourth-order valence-corrected chi connectivity index (χ4v) is 2.34. The average molecular weight is 355 g/mol. The molecule has 1 saturated carbocycles. The number of anilines is 1. The maximum atomic E-state index is 13.8. The van der Waals surface area contributed by atoms with Crippen molar-refractivity contribution in [2.24, 2.45) is 0 Å². The molecule has 0 bridgehead atoms. The summed E-state index contributed by atoms with van der Waals surface area (Å²) in [5.41, 5.74) is 0.418. The van der Waals surface area contributed by atoms with Crippen LogP contribution in [0.2, 0.25) is 0 Å². The number of nitriles is 1. The third-order valence-electron chi connectivity index (χ3n) is 3.91. The number of rotatable bonds is 6. The van der Waals surface area contributed by atoms with Gasteiger partial charge in [-0.15, -0.1) is 0 Å². The Hall–Kier alpha value is -3.47. The monoisotopic (exact) mass is 355 g/mol. The molecule has 0 radical (unpaired) electrons. The molecule has 0 amide bonds. The van der Waals surface area contributed by atoms with E-state index in [1.54, 1.807) is 0 Å². The highest BCUT2D eigenvalue weighted by atomic mass is 19.1. The zero-order valence-corrected chi connectivity index (χ0v) is 13.6. The van der Waals surface area contributed by atoms with E-state index in [9.17, 15) is 19.3 Å². The summed E-state index contributed by atoms with van der Waals surface area (Å²) in [6.07, 6.45) is 1.91. The lowest BCUT2D eigenvalue weighted by atomic mass is 10.1. The number of esters is 1. The average Bonchev–Trinajstić information content (AvgIpc) is 3.44. The van der Waals surface area contributed by atoms with Gasteiger partial charge < -0.3 is 10.1 Å². The molecule has 1 fully saturated rings. The number of benzene rings is 2. The van der Waals surface area contributed by atoms with E-state index in [1.807, 2.05) is 6.07 Å². The van der Waals surface area contributed by atoms with E-state index in [0.717, 1.165) is 25.0 Å². The largest absolute Gasteiger partial charge is 0.457 e. The first-order valence-electron chi connectivity index (χ1n) is 7.88. The molecule has 2 aromatic rings. The maximum absolute atomic E-state index is 13.8. The van der Waals surface area contributed by atoms with Gasteiger partial charge in [0.05, 0.1) is 22.1 Å². The highest BCUT2D eigenvalue weighted by Crippen LogP contribution is 2.31. The van der Waals surface area contributed by atoms with Crippen molar-refractivity contribution < 1.29 is 18.8 Å². The zero-order chi connectivity index (χ0) is 18.7. The number of hydrogen-bond acceptors (Lipinski definition) is 6. The molecule has 1 N–H and O–H groups in total. The SMILES string of the molecule is N#Cc1ccc(COC(=O)c2ccc(NC3CC3)c([N+](=O)[O-])c2)c(F)c1. The van der Waals surface area contributed by atoms with Gasteiger partial charge in [-0.25, -0.2) is 9.18 Å². The van der Waals surface area contributed by atoms with Crippen LogP contribution >= 0.6 is 0 Å². The molecule has 0 atom stereocenters. The molecule has 3 rings (SSSR count). The zero-order valence-electron chi connectivity index (χ0n) is 13.6. The molecule has 1 aliphatic rings. The van der Waals surface area contributed by atoms with Crippen molar-refractivity contribution in [2.45, 2.75) is 25.5 Å². The lowest BCUT2D eigenvalue weighted by Gasteiger charge is -2.09. The van der Waals surface area contributed by atoms with Gasteiger partial charge in [0, 0.05) is 17.7 Å². The number of hydrogen-bond donors (Lipinski definition) is 1. The molecule has 0 aromatic heterocycles. The molecule has 0 saturated heterocycles. The fraction of sp³-hybridized carbons (Fsp3) is 0.222. The van der Waals surface area contributed by atoms with E-state index >= 15 is 0 Å². The second-order valence-corrected chi connectivity index (χ2v) is 5.90. The Labute approximate surface area is 148 Å². The normalized spacial score (nSPS) is 12.9. The summed E-state index contributed by atoms with van der Waals surface area (Å²) in [4.78, 5) is 22.8. The summed E-state index contributed by atoms with van der Waals surface area (Å²) in [7, 11) is 0. The minimum absolute atomic E-state index is 0.00657. The first kappa shape index (κ1) is 17.4. The van der Waals surface area contributed by atoms with Crippen LogP contribution in [0, 0.1) is 27.3 Å². The van der Waals surface area contributed by atoms with Crippen LogP contribution in [-0.2, 0) is 11.3 Å². The lowest BCUT2D eigenvalue weighted by molar-refractivity contribution is -0.384. The van der Waals surface area contributed by atoms with Gasteiger partial charge in [0.2, 0.25) is 0 Å². The van der Waals surface area contributed by atoms with E-state index in [1.165, 1.54) is 24.3 Å². The predicted octanol–water partition coefficient (Wildman–Crippen LogP) is 3.54. The van der Waals surface area contributed by atoms with Crippen LogP contribution in [0.15, 0.2) is 36.4 Å². The van der Waals surface area contributed by atoms with Gasteiger partial charge in [-0.1, -0.05) is 6.07 Å². The summed E-state index contributed by atoms with van der Waals surface area (Å²) < 4.78 is 18.8. The van der Waals surface area contributed by atoms with Crippen molar-refractivity contribution in [3.63, 3.8) is 0 Å². The number of carbonyl (C=O) groups is 1. The molecular weight excluding hydrogens is 341 g/mol. The highest BCUT2D eigenvalue weighted by Gasteiger charge is 2.25. The quantitative estimate of drug-likeness (QED) is 0.483. The van der Waals surface area contributed by atoms with Crippen LogP contribution in [-0.4, -0.2) is 16.9 Å². The Morgan fingerprint density at radius 2 is 2.12 bits per heavy atom. The molecule has 0 unspecified atom stereocenters. The predicted molar refractivity (Wildman–Crippen MR) is 90.0 cm³/mol. The topological polar surface area (TPSA) is 105 Å². The molecule has 2 aromatic carbocycles. The van der Waals surface area contributed by atoms with Crippen LogP contribution < -0.4 is 5.32 Å². The third kappa shape index (κ3) is 3.95. The number of nitrogens with zero attached hydrogens (tertiary/aromatic N) is 2. The molecule has 132 valence electrons. The van der Waals surface area contributed by atoms with E-state index in [-0.39, 0.29) is 35.0 Å². The molecule has 1 aliphatic carbocycles. The van der Waals surface area contributed by atoms with Crippen LogP contribution in [0.25, 0.3) is 0 Å². The van der Waals surface area contributed by atoms with E-state index in [4.69, 9.17) is 10.00 Å². The summed E-state index contributed by atoms with van der Waals surface area (Å²) >= 11 is 0. The van der Waals surface area contributed by atoms with E-state index in [2.05, 4.69) is 5.32 Å². The molecule has 0 aliphatic heterocycles. The van der Waals surface area contributed by atoms with Crippen molar-refractivity contribution >= 4 is 17.3 Å². The number of nitro benzene ring substituents is 1. The Morgan fingerprint density at radius 1 is 1.35 bits per heavy atom. The van der Waals surface area contributed by atoms with Gasteiger partial charge in [-0.05, 0) is 37.1 Å². The van der Waals surface area contributed by atoms with Gasteiger partial charge in [-0.3, -0.25) is 10.1 Å². The summed E-state index contributed by atoms with van der Waals surface area (Å²) in [6.45, 7) is -0.341. The number of nitrogens with one attached hydrogen (secondary N) is 1. The molecule has 0 heterocycles. The summed E-state index contributed by atoms with van der Waals surface area (Å²) in [5.74, 6) is -1.46.